The standard InChI is InChI=1S/C23H30O4/c1-3-16-4-6-17(7-5-16)18-8-10-20(11-9-18)23(25)27-21-14-12-19(13-15-21)22(24)26-2/h6,12-16,18,20H,3-5,7-11H2,1-2H3. The van der Waals surface area contributed by atoms with E-state index in [1.807, 2.05) is 0 Å². The number of carbonyl (C=O) groups is 2. The molecule has 1 atom stereocenters. The average molecular weight is 370 g/mol. The predicted octanol–water partition coefficient (Wildman–Crippen LogP) is 5.32. The van der Waals surface area contributed by atoms with E-state index >= 15 is 0 Å². The second kappa shape index (κ2) is 9.20. The van der Waals surface area contributed by atoms with Gasteiger partial charge in [0, 0.05) is 0 Å². The molecule has 3 rings (SSSR count). The summed E-state index contributed by atoms with van der Waals surface area (Å²) in [5.41, 5.74) is 2.08. The number of hydrogen-bond donors (Lipinski definition) is 0. The lowest BCUT2D eigenvalue weighted by atomic mass is 9.74. The fourth-order valence-corrected chi connectivity index (χ4v) is 4.33. The van der Waals surface area contributed by atoms with Gasteiger partial charge in [-0.3, -0.25) is 4.79 Å². The van der Waals surface area contributed by atoms with Gasteiger partial charge in [-0.1, -0.05) is 25.0 Å². The summed E-state index contributed by atoms with van der Waals surface area (Å²) >= 11 is 0. The molecule has 0 spiro atoms. The third-order valence-corrected chi connectivity index (χ3v) is 6.21. The molecule has 0 N–H and O–H groups in total. The Labute approximate surface area is 161 Å². The molecule has 0 heterocycles. The van der Waals surface area contributed by atoms with E-state index in [9.17, 15) is 9.59 Å². The lowest BCUT2D eigenvalue weighted by molar-refractivity contribution is -0.140. The Morgan fingerprint density at radius 3 is 2.30 bits per heavy atom. The monoisotopic (exact) mass is 370 g/mol. The maximum atomic E-state index is 12.5. The molecule has 2 aliphatic rings. The minimum atomic E-state index is -0.395. The molecule has 0 amide bonds. The number of esters is 2. The van der Waals surface area contributed by atoms with Crippen LogP contribution < -0.4 is 4.74 Å². The predicted molar refractivity (Wildman–Crippen MR) is 105 cm³/mol. The normalized spacial score (nSPS) is 25.4. The van der Waals surface area contributed by atoms with Gasteiger partial charge in [0.25, 0.3) is 0 Å². The molecule has 1 aromatic rings. The first kappa shape index (κ1) is 19.7. The van der Waals surface area contributed by atoms with Crippen molar-refractivity contribution in [3.05, 3.63) is 41.5 Å². The topological polar surface area (TPSA) is 52.6 Å². The van der Waals surface area contributed by atoms with Gasteiger partial charge in [-0.05, 0) is 81.0 Å². The molecule has 1 aromatic carbocycles. The summed E-state index contributed by atoms with van der Waals surface area (Å²) in [6.07, 6.45) is 11.5. The van der Waals surface area contributed by atoms with Crippen molar-refractivity contribution >= 4 is 11.9 Å². The summed E-state index contributed by atoms with van der Waals surface area (Å²) in [5, 5.41) is 0. The van der Waals surface area contributed by atoms with Crippen LogP contribution in [0.3, 0.4) is 0 Å². The van der Waals surface area contributed by atoms with Gasteiger partial charge in [0.2, 0.25) is 0 Å². The lowest BCUT2D eigenvalue weighted by Crippen LogP contribution is -2.26. The molecule has 146 valence electrons. The van der Waals surface area contributed by atoms with Crippen LogP contribution in [0.1, 0.15) is 68.6 Å². The molecule has 0 aliphatic heterocycles. The fraction of sp³-hybridized carbons (Fsp3) is 0.565. The van der Waals surface area contributed by atoms with Crippen LogP contribution in [0, 0.1) is 17.8 Å². The van der Waals surface area contributed by atoms with Gasteiger partial charge in [-0.15, -0.1) is 0 Å². The smallest absolute Gasteiger partial charge is 0.337 e. The molecule has 0 radical (unpaired) electrons. The van der Waals surface area contributed by atoms with E-state index in [4.69, 9.17) is 4.74 Å². The van der Waals surface area contributed by atoms with Crippen LogP contribution in [0.5, 0.6) is 5.75 Å². The number of ether oxygens (including phenoxy) is 2. The van der Waals surface area contributed by atoms with E-state index in [-0.39, 0.29) is 11.9 Å². The van der Waals surface area contributed by atoms with E-state index in [2.05, 4.69) is 17.7 Å². The largest absolute Gasteiger partial charge is 0.465 e. The summed E-state index contributed by atoms with van der Waals surface area (Å²) in [7, 11) is 1.35. The highest BCUT2D eigenvalue weighted by Gasteiger charge is 2.30. The quantitative estimate of drug-likeness (QED) is 0.400. The van der Waals surface area contributed by atoms with Crippen LogP contribution in [-0.2, 0) is 9.53 Å². The minimum absolute atomic E-state index is 0.0193. The highest BCUT2D eigenvalue weighted by atomic mass is 16.5. The average Bonchev–Trinajstić information content (AvgIpc) is 2.74. The summed E-state index contributed by atoms with van der Waals surface area (Å²) in [4.78, 5) is 23.9. The Morgan fingerprint density at radius 1 is 1.04 bits per heavy atom. The van der Waals surface area contributed by atoms with E-state index in [0.717, 1.165) is 31.6 Å². The molecule has 1 saturated carbocycles. The number of benzene rings is 1. The Hall–Kier alpha value is -2.10. The Morgan fingerprint density at radius 2 is 1.74 bits per heavy atom. The Bertz CT molecular complexity index is 681. The molecule has 2 aliphatic carbocycles. The van der Waals surface area contributed by atoms with Crippen LogP contribution in [-0.4, -0.2) is 19.0 Å². The zero-order valence-electron chi connectivity index (χ0n) is 16.4. The molecule has 1 unspecified atom stereocenters. The molecular formula is C23H30O4. The van der Waals surface area contributed by atoms with Crippen LogP contribution in [0.15, 0.2) is 35.9 Å². The van der Waals surface area contributed by atoms with Crippen LogP contribution in [0.25, 0.3) is 0 Å². The van der Waals surface area contributed by atoms with Crippen molar-refractivity contribution in [2.45, 2.75) is 58.3 Å². The molecule has 0 aromatic heterocycles. The number of methoxy groups -OCH3 is 1. The van der Waals surface area contributed by atoms with Crippen molar-refractivity contribution < 1.29 is 19.1 Å². The van der Waals surface area contributed by atoms with Crippen LogP contribution in [0.2, 0.25) is 0 Å². The van der Waals surface area contributed by atoms with Gasteiger partial charge in [0.15, 0.2) is 0 Å². The summed E-state index contributed by atoms with van der Waals surface area (Å²) in [5.74, 6) is 1.44. The first-order chi connectivity index (χ1) is 13.1. The minimum Gasteiger partial charge on any atom is -0.465 e. The molecule has 0 bridgehead atoms. The number of carbonyl (C=O) groups excluding carboxylic acids is 2. The zero-order valence-corrected chi connectivity index (χ0v) is 16.4. The van der Waals surface area contributed by atoms with Crippen molar-refractivity contribution in [2.24, 2.45) is 17.8 Å². The Kier molecular flexibility index (Phi) is 6.70. The van der Waals surface area contributed by atoms with Crippen molar-refractivity contribution in [3.8, 4) is 5.75 Å². The van der Waals surface area contributed by atoms with Crippen molar-refractivity contribution in [3.63, 3.8) is 0 Å². The van der Waals surface area contributed by atoms with Gasteiger partial charge >= 0.3 is 11.9 Å². The maximum Gasteiger partial charge on any atom is 0.337 e. The maximum absolute atomic E-state index is 12.5. The highest BCUT2D eigenvalue weighted by Crippen LogP contribution is 2.39. The molecule has 4 heteroatoms. The highest BCUT2D eigenvalue weighted by molar-refractivity contribution is 5.89. The molecular weight excluding hydrogens is 340 g/mol. The van der Waals surface area contributed by atoms with Crippen molar-refractivity contribution in [2.75, 3.05) is 7.11 Å². The zero-order chi connectivity index (χ0) is 19.2. The van der Waals surface area contributed by atoms with Gasteiger partial charge in [0.1, 0.15) is 5.75 Å². The van der Waals surface area contributed by atoms with E-state index in [0.29, 0.717) is 17.2 Å². The first-order valence-electron chi connectivity index (χ1n) is 10.2. The van der Waals surface area contributed by atoms with E-state index in [1.165, 1.54) is 32.8 Å². The van der Waals surface area contributed by atoms with Crippen molar-refractivity contribution in [1.29, 1.82) is 0 Å². The fourth-order valence-electron chi connectivity index (χ4n) is 4.33. The van der Waals surface area contributed by atoms with Gasteiger partial charge < -0.3 is 9.47 Å². The van der Waals surface area contributed by atoms with Crippen molar-refractivity contribution in [1.82, 2.24) is 0 Å². The number of hydrogen-bond acceptors (Lipinski definition) is 4. The van der Waals surface area contributed by atoms with E-state index < -0.39 is 5.97 Å². The molecule has 27 heavy (non-hydrogen) atoms. The summed E-state index contributed by atoms with van der Waals surface area (Å²) in [6, 6.07) is 6.52. The second-order valence-electron chi connectivity index (χ2n) is 7.81. The molecule has 0 saturated heterocycles. The van der Waals surface area contributed by atoms with Gasteiger partial charge in [-0.2, -0.15) is 0 Å². The third kappa shape index (κ3) is 5.00. The second-order valence-corrected chi connectivity index (χ2v) is 7.81. The first-order valence-corrected chi connectivity index (χ1v) is 10.2. The molecule has 4 nitrogen and oxygen atoms in total. The summed E-state index contributed by atoms with van der Waals surface area (Å²) < 4.78 is 10.2. The summed E-state index contributed by atoms with van der Waals surface area (Å²) in [6.45, 7) is 2.28. The SMILES string of the molecule is CCC1CC=C(C2CCC(C(=O)Oc3ccc(C(=O)OC)cc3)CC2)CC1. The lowest BCUT2D eigenvalue weighted by Gasteiger charge is -2.32. The molecule has 1 fully saturated rings. The van der Waals surface area contributed by atoms with Gasteiger partial charge in [-0.25, -0.2) is 4.79 Å². The van der Waals surface area contributed by atoms with Crippen LogP contribution >= 0.6 is 0 Å². The third-order valence-electron chi connectivity index (χ3n) is 6.21. The number of allylic oxidation sites excluding steroid dienone is 2. The van der Waals surface area contributed by atoms with Gasteiger partial charge in [0.05, 0.1) is 18.6 Å². The Balaban J connectivity index is 1.48. The van der Waals surface area contributed by atoms with Crippen LogP contribution in [0.4, 0.5) is 0 Å². The number of rotatable bonds is 5. The van der Waals surface area contributed by atoms with E-state index in [1.54, 1.807) is 29.8 Å².